The lowest BCUT2D eigenvalue weighted by Crippen LogP contribution is -2.17. The van der Waals surface area contributed by atoms with Gasteiger partial charge in [-0.2, -0.15) is 0 Å². The number of nitrogens with zero attached hydrogens (tertiary/aromatic N) is 1. The standard InChI is InChI=1S/C12H12Cl2N2S/c1-15-10(11-6-16-7-17-11)5-8-3-2-4-9(13)12(8)14/h2-4,6-7,10,15H,5H2,1H3. The SMILES string of the molecule is CNC(Cc1cccc(Cl)c1Cl)c1cncs1. The number of benzene rings is 1. The van der Waals surface area contributed by atoms with Crippen molar-refractivity contribution in [3.05, 3.63) is 50.4 Å². The van der Waals surface area contributed by atoms with Gasteiger partial charge in [0, 0.05) is 17.1 Å². The molecular formula is C12H12Cl2N2S. The van der Waals surface area contributed by atoms with Crippen molar-refractivity contribution in [3.8, 4) is 0 Å². The van der Waals surface area contributed by atoms with Gasteiger partial charge in [-0.3, -0.25) is 4.98 Å². The first kappa shape index (κ1) is 12.8. The molecule has 0 bridgehead atoms. The molecule has 1 atom stereocenters. The van der Waals surface area contributed by atoms with E-state index in [9.17, 15) is 0 Å². The smallest absolute Gasteiger partial charge is 0.0794 e. The largest absolute Gasteiger partial charge is 0.312 e. The zero-order chi connectivity index (χ0) is 12.3. The summed E-state index contributed by atoms with van der Waals surface area (Å²) in [7, 11) is 1.93. The fraction of sp³-hybridized carbons (Fsp3) is 0.250. The Morgan fingerprint density at radius 1 is 1.41 bits per heavy atom. The Bertz CT molecular complexity index is 485. The van der Waals surface area contributed by atoms with Crippen molar-refractivity contribution >= 4 is 34.5 Å². The summed E-state index contributed by atoms with van der Waals surface area (Å²) in [6.07, 6.45) is 2.68. The molecule has 2 aromatic rings. The summed E-state index contributed by atoms with van der Waals surface area (Å²) in [6, 6.07) is 5.94. The van der Waals surface area contributed by atoms with E-state index in [4.69, 9.17) is 23.2 Å². The number of nitrogens with one attached hydrogen (secondary N) is 1. The number of aromatic nitrogens is 1. The second kappa shape index (κ2) is 5.83. The van der Waals surface area contributed by atoms with Crippen molar-refractivity contribution in [1.82, 2.24) is 10.3 Å². The zero-order valence-electron chi connectivity index (χ0n) is 9.28. The fourth-order valence-electron chi connectivity index (χ4n) is 1.67. The molecule has 0 radical (unpaired) electrons. The summed E-state index contributed by atoms with van der Waals surface area (Å²) in [5.41, 5.74) is 2.88. The number of hydrogen-bond donors (Lipinski definition) is 1. The Morgan fingerprint density at radius 3 is 2.88 bits per heavy atom. The molecule has 90 valence electrons. The predicted molar refractivity (Wildman–Crippen MR) is 74.1 cm³/mol. The van der Waals surface area contributed by atoms with Crippen LogP contribution in [0.1, 0.15) is 16.5 Å². The van der Waals surface area contributed by atoms with E-state index >= 15 is 0 Å². The Morgan fingerprint density at radius 2 is 2.24 bits per heavy atom. The van der Waals surface area contributed by atoms with Crippen LogP contribution < -0.4 is 5.32 Å². The maximum absolute atomic E-state index is 6.18. The molecular weight excluding hydrogens is 275 g/mol. The Balaban J connectivity index is 2.22. The highest BCUT2D eigenvalue weighted by Gasteiger charge is 2.14. The quantitative estimate of drug-likeness (QED) is 0.921. The van der Waals surface area contributed by atoms with E-state index < -0.39 is 0 Å². The van der Waals surface area contributed by atoms with E-state index in [0.717, 1.165) is 12.0 Å². The molecule has 0 amide bonds. The van der Waals surface area contributed by atoms with Gasteiger partial charge in [-0.15, -0.1) is 11.3 Å². The Kier molecular flexibility index (Phi) is 4.40. The van der Waals surface area contributed by atoms with E-state index in [1.54, 1.807) is 17.4 Å². The van der Waals surface area contributed by atoms with E-state index in [0.29, 0.717) is 10.0 Å². The monoisotopic (exact) mass is 286 g/mol. The van der Waals surface area contributed by atoms with Gasteiger partial charge in [0.25, 0.3) is 0 Å². The van der Waals surface area contributed by atoms with Gasteiger partial charge in [0.2, 0.25) is 0 Å². The van der Waals surface area contributed by atoms with E-state index in [-0.39, 0.29) is 6.04 Å². The number of thiazole rings is 1. The molecule has 0 fully saturated rings. The van der Waals surface area contributed by atoms with Crippen LogP contribution in [0, 0.1) is 0 Å². The third-order valence-electron chi connectivity index (χ3n) is 2.60. The van der Waals surface area contributed by atoms with Gasteiger partial charge in [-0.05, 0) is 25.1 Å². The molecule has 0 saturated heterocycles. The minimum absolute atomic E-state index is 0.221. The van der Waals surface area contributed by atoms with Crippen molar-refractivity contribution in [2.24, 2.45) is 0 Å². The van der Waals surface area contributed by atoms with Gasteiger partial charge in [-0.1, -0.05) is 35.3 Å². The zero-order valence-corrected chi connectivity index (χ0v) is 11.6. The summed E-state index contributed by atoms with van der Waals surface area (Å²) >= 11 is 13.8. The highest BCUT2D eigenvalue weighted by atomic mass is 35.5. The van der Waals surface area contributed by atoms with E-state index in [1.165, 1.54) is 4.88 Å². The van der Waals surface area contributed by atoms with Crippen LogP contribution in [0.4, 0.5) is 0 Å². The van der Waals surface area contributed by atoms with Crippen molar-refractivity contribution in [2.45, 2.75) is 12.5 Å². The summed E-state index contributed by atoms with van der Waals surface area (Å²) in [5.74, 6) is 0. The maximum atomic E-state index is 6.18. The first-order chi connectivity index (χ1) is 8.22. The molecule has 1 aromatic carbocycles. The lowest BCUT2D eigenvalue weighted by atomic mass is 10.1. The molecule has 1 N–H and O–H groups in total. The second-order valence-corrected chi connectivity index (χ2v) is 5.37. The molecule has 0 spiro atoms. The van der Waals surface area contributed by atoms with Crippen molar-refractivity contribution in [1.29, 1.82) is 0 Å². The molecule has 2 nitrogen and oxygen atoms in total. The van der Waals surface area contributed by atoms with Crippen LogP contribution in [0.3, 0.4) is 0 Å². The summed E-state index contributed by atoms with van der Waals surface area (Å²) in [6.45, 7) is 0. The molecule has 1 aromatic heterocycles. The molecule has 0 aliphatic carbocycles. The highest BCUT2D eigenvalue weighted by Crippen LogP contribution is 2.29. The van der Waals surface area contributed by atoms with Crippen LogP contribution in [0.5, 0.6) is 0 Å². The van der Waals surface area contributed by atoms with Gasteiger partial charge < -0.3 is 5.32 Å². The third kappa shape index (κ3) is 2.99. The fourth-order valence-corrected chi connectivity index (χ4v) is 2.80. The maximum Gasteiger partial charge on any atom is 0.0794 e. The molecule has 1 heterocycles. The Hall–Kier alpha value is -0.610. The highest BCUT2D eigenvalue weighted by molar-refractivity contribution is 7.09. The minimum Gasteiger partial charge on any atom is -0.312 e. The summed E-state index contributed by atoms with van der Waals surface area (Å²) in [5, 5.41) is 4.51. The van der Waals surface area contributed by atoms with Crippen LogP contribution in [0.15, 0.2) is 29.9 Å². The molecule has 1 unspecified atom stereocenters. The van der Waals surface area contributed by atoms with Gasteiger partial charge in [0.05, 0.1) is 15.6 Å². The Labute approximate surface area is 115 Å². The lowest BCUT2D eigenvalue weighted by molar-refractivity contribution is 0.601. The van der Waals surface area contributed by atoms with Gasteiger partial charge in [0.15, 0.2) is 0 Å². The minimum atomic E-state index is 0.221. The molecule has 0 aliphatic rings. The van der Waals surface area contributed by atoms with Crippen molar-refractivity contribution in [2.75, 3.05) is 7.05 Å². The van der Waals surface area contributed by atoms with E-state index in [2.05, 4.69) is 10.3 Å². The lowest BCUT2D eigenvalue weighted by Gasteiger charge is -2.15. The first-order valence-corrected chi connectivity index (χ1v) is 6.84. The van der Waals surface area contributed by atoms with Crippen LogP contribution in [-0.4, -0.2) is 12.0 Å². The third-order valence-corrected chi connectivity index (χ3v) is 4.35. The molecule has 0 aliphatic heterocycles. The molecule has 2 rings (SSSR count). The second-order valence-electron chi connectivity index (χ2n) is 3.66. The van der Waals surface area contributed by atoms with Crippen LogP contribution in [0.25, 0.3) is 0 Å². The predicted octanol–water partition coefficient (Wildman–Crippen LogP) is 3.95. The number of halogens is 2. The topological polar surface area (TPSA) is 24.9 Å². The average molecular weight is 287 g/mol. The number of rotatable bonds is 4. The van der Waals surface area contributed by atoms with Crippen molar-refractivity contribution < 1.29 is 0 Å². The van der Waals surface area contributed by atoms with Gasteiger partial charge in [0.1, 0.15) is 0 Å². The van der Waals surface area contributed by atoms with Crippen LogP contribution in [0.2, 0.25) is 10.0 Å². The average Bonchev–Trinajstić information content (AvgIpc) is 2.85. The normalized spacial score (nSPS) is 12.6. The van der Waals surface area contributed by atoms with E-state index in [1.807, 2.05) is 30.9 Å². The summed E-state index contributed by atoms with van der Waals surface area (Å²) < 4.78 is 0. The van der Waals surface area contributed by atoms with Gasteiger partial charge >= 0.3 is 0 Å². The molecule has 5 heteroatoms. The molecule has 0 saturated carbocycles. The number of likely N-dealkylation sites (N-methyl/N-ethyl adjacent to an activating group) is 1. The van der Waals surface area contributed by atoms with Crippen LogP contribution in [-0.2, 0) is 6.42 Å². The molecule has 17 heavy (non-hydrogen) atoms. The first-order valence-electron chi connectivity index (χ1n) is 5.21. The van der Waals surface area contributed by atoms with Crippen molar-refractivity contribution in [3.63, 3.8) is 0 Å². The van der Waals surface area contributed by atoms with Gasteiger partial charge in [-0.25, -0.2) is 0 Å². The summed E-state index contributed by atoms with van der Waals surface area (Å²) in [4.78, 5) is 5.29. The number of hydrogen-bond acceptors (Lipinski definition) is 3. The van der Waals surface area contributed by atoms with Crippen LogP contribution >= 0.6 is 34.5 Å².